The molecule has 0 N–H and O–H groups in total. The third-order valence-corrected chi connectivity index (χ3v) is 5.99. The minimum Gasteiger partial charge on any atom is -0.473 e. The van der Waals surface area contributed by atoms with E-state index in [1.807, 2.05) is 11.0 Å². The lowest BCUT2D eigenvalue weighted by Gasteiger charge is -2.34. The van der Waals surface area contributed by atoms with Crippen molar-refractivity contribution in [1.82, 2.24) is 14.8 Å². The molecule has 7 heteroatoms. The van der Waals surface area contributed by atoms with Crippen LogP contribution in [0.25, 0.3) is 0 Å². The highest BCUT2D eigenvalue weighted by molar-refractivity contribution is 6.32. The van der Waals surface area contributed by atoms with Crippen molar-refractivity contribution >= 4 is 17.5 Å². The topological polar surface area (TPSA) is 54.9 Å². The lowest BCUT2D eigenvalue weighted by atomic mass is 10.1. The Bertz CT molecular complexity index is 835. The summed E-state index contributed by atoms with van der Waals surface area (Å²) in [6.45, 7) is 5.58. The number of ether oxygens (including phenoxy) is 2. The Morgan fingerprint density at radius 3 is 2.57 bits per heavy atom. The fourth-order valence-electron chi connectivity index (χ4n) is 3.87. The van der Waals surface area contributed by atoms with Gasteiger partial charge in [0.25, 0.3) is 5.91 Å². The predicted molar refractivity (Wildman–Crippen MR) is 116 cm³/mol. The van der Waals surface area contributed by atoms with E-state index in [-0.39, 0.29) is 12.0 Å². The summed E-state index contributed by atoms with van der Waals surface area (Å²) in [5, 5.41) is 0.383. The second-order valence-electron chi connectivity index (χ2n) is 7.81. The fourth-order valence-corrected chi connectivity index (χ4v) is 4.08. The highest BCUT2D eigenvalue weighted by Crippen LogP contribution is 2.26. The van der Waals surface area contributed by atoms with Gasteiger partial charge in [-0.1, -0.05) is 41.9 Å². The number of hydrogen-bond acceptors (Lipinski definition) is 5. The number of hydrogen-bond donors (Lipinski definition) is 0. The van der Waals surface area contributed by atoms with Gasteiger partial charge in [0.1, 0.15) is 11.1 Å². The van der Waals surface area contributed by atoms with Crippen LogP contribution < -0.4 is 4.74 Å². The monoisotopic (exact) mass is 429 g/mol. The zero-order valence-electron chi connectivity index (χ0n) is 17.1. The van der Waals surface area contributed by atoms with Gasteiger partial charge < -0.3 is 14.4 Å². The van der Waals surface area contributed by atoms with Gasteiger partial charge in [0.05, 0.1) is 18.8 Å². The van der Waals surface area contributed by atoms with Gasteiger partial charge in [-0.25, -0.2) is 4.98 Å². The second kappa shape index (κ2) is 10.2. The van der Waals surface area contributed by atoms with Crippen molar-refractivity contribution < 1.29 is 14.3 Å². The van der Waals surface area contributed by atoms with E-state index in [1.54, 1.807) is 12.3 Å². The first-order chi connectivity index (χ1) is 14.7. The average molecular weight is 430 g/mol. The van der Waals surface area contributed by atoms with Crippen LogP contribution in [0, 0.1) is 0 Å². The highest BCUT2D eigenvalue weighted by atomic mass is 35.5. The van der Waals surface area contributed by atoms with E-state index in [0.717, 1.165) is 38.9 Å². The van der Waals surface area contributed by atoms with Crippen molar-refractivity contribution in [3.8, 4) is 5.88 Å². The molecule has 2 aromatic rings. The molecule has 0 unspecified atom stereocenters. The first-order valence-corrected chi connectivity index (χ1v) is 11.0. The van der Waals surface area contributed by atoms with Gasteiger partial charge in [-0.2, -0.15) is 0 Å². The summed E-state index contributed by atoms with van der Waals surface area (Å²) in [4.78, 5) is 21.5. The minimum absolute atomic E-state index is 0.0234. The number of pyridine rings is 1. The van der Waals surface area contributed by atoms with E-state index in [2.05, 4.69) is 34.1 Å². The molecule has 1 aromatic heterocycles. The maximum absolute atomic E-state index is 12.9. The summed E-state index contributed by atoms with van der Waals surface area (Å²) in [6, 6.07) is 12.2. The van der Waals surface area contributed by atoms with Crippen molar-refractivity contribution in [3.05, 3.63) is 58.7 Å². The van der Waals surface area contributed by atoms with E-state index in [0.29, 0.717) is 42.8 Å². The lowest BCUT2D eigenvalue weighted by molar-refractivity contribution is 0.0237. The number of carbonyl (C=O) groups excluding carboxylic acids is 1. The normalized spacial score (nSPS) is 18.4. The standard InChI is InChI=1S/C23H28ClN3O3/c24-21-16-19(17-25-22(21)30-20-7-14-29-15-8-20)23(28)27-12-10-26(11-13-27)9-6-18-4-2-1-3-5-18/h1-5,16-17,20H,6-15H2. The van der Waals surface area contributed by atoms with Crippen LogP contribution in [-0.2, 0) is 11.2 Å². The molecule has 160 valence electrons. The molecule has 2 fully saturated rings. The molecule has 0 spiro atoms. The molecule has 1 aromatic carbocycles. The number of amides is 1. The molecule has 2 aliphatic rings. The molecule has 4 rings (SSSR count). The van der Waals surface area contributed by atoms with Crippen LogP contribution in [0.4, 0.5) is 0 Å². The molecule has 2 saturated heterocycles. The average Bonchev–Trinajstić information content (AvgIpc) is 2.80. The van der Waals surface area contributed by atoms with Crippen molar-refractivity contribution in [1.29, 1.82) is 0 Å². The Morgan fingerprint density at radius 1 is 1.13 bits per heavy atom. The Balaban J connectivity index is 1.27. The Labute approximate surface area is 182 Å². The van der Waals surface area contributed by atoms with E-state index in [9.17, 15) is 4.79 Å². The Morgan fingerprint density at radius 2 is 1.87 bits per heavy atom. The Kier molecular flexibility index (Phi) is 7.20. The molecular formula is C23H28ClN3O3. The molecule has 0 radical (unpaired) electrons. The summed E-state index contributed by atoms with van der Waals surface area (Å²) < 4.78 is 11.2. The number of halogens is 1. The third-order valence-electron chi connectivity index (χ3n) is 5.72. The first kappa shape index (κ1) is 21.1. The zero-order chi connectivity index (χ0) is 20.8. The van der Waals surface area contributed by atoms with Crippen LogP contribution in [0.15, 0.2) is 42.6 Å². The third kappa shape index (κ3) is 5.50. The van der Waals surface area contributed by atoms with Gasteiger partial charge in [0, 0.05) is 51.8 Å². The summed E-state index contributed by atoms with van der Waals surface area (Å²) in [6.07, 6.45) is 4.32. The van der Waals surface area contributed by atoms with Gasteiger partial charge in [-0.15, -0.1) is 0 Å². The number of aromatic nitrogens is 1. The maximum atomic E-state index is 12.9. The van der Waals surface area contributed by atoms with Gasteiger partial charge >= 0.3 is 0 Å². The Hall–Kier alpha value is -2.15. The predicted octanol–water partition coefficient (Wildman–Crippen LogP) is 3.29. The minimum atomic E-state index is -0.0234. The second-order valence-corrected chi connectivity index (χ2v) is 8.22. The quantitative estimate of drug-likeness (QED) is 0.705. The van der Waals surface area contributed by atoms with Crippen molar-refractivity contribution in [3.63, 3.8) is 0 Å². The molecule has 6 nitrogen and oxygen atoms in total. The number of rotatable bonds is 6. The van der Waals surface area contributed by atoms with Crippen LogP contribution >= 0.6 is 11.6 Å². The zero-order valence-corrected chi connectivity index (χ0v) is 17.9. The van der Waals surface area contributed by atoms with Gasteiger partial charge in [0.2, 0.25) is 5.88 Å². The number of carbonyl (C=O) groups is 1. The summed E-state index contributed by atoms with van der Waals surface area (Å²) >= 11 is 6.36. The lowest BCUT2D eigenvalue weighted by Crippen LogP contribution is -2.49. The number of piperazine rings is 1. The van der Waals surface area contributed by atoms with Crippen LogP contribution in [-0.4, -0.2) is 72.7 Å². The van der Waals surface area contributed by atoms with Crippen molar-refractivity contribution in [2.24, 2.45) is 0 Å². The van der Waals surface area contributed by atoms with Crippen LogP contribution in [0.5, 0.6) is 5.88 Å². The highest BCUT2D eigenvalue weighted by Gasteiger charge is 2.24. The molecule has 1 amide bonds. The first-order valence-electron chi connectivity index (χ1n) is 10.6. The molecule has 3 heterocycles. The van der Waals surface area contributed by atoms with E-state index in [1.165, 1.54) is 5.56 Å². The van der Waals surface area contributed by atoms with Crippen molar-refractivity contribution in [2.75, 3.05) is 45.9 Å². The van der Waals surface area contributed by atoms with Crippen LogP contribution in [0.2, 0.25) is 5.02 Å². The van der Waals surface area contributed by atoms with E-state index < -0.39 is 0 Å². The maximum Gasteiger partial charge on any atom is 0.255 e. The smallest absolute Gasteiger partial charge is 0.255 e. The summed E-state index contributed by atoms with van der Waals surface area (Å²) in [7, 11) is 0. The summed E-state index contributed by atoms with van der Waals surface area (Å²) in [5.74, 6) is 0.371. The van der Waals surface area contributed by atoms with Crippen LogP contribution in [0.3, 0.4) is 0 Å². The molecule has 0 atom stereocenters. The molecule has 2 aliphatic heterocycles. The fraction of sp³-hybridized carbons (Fsp3) is 0.478. The molecule has 30 heavy (non-hydrogen) atoms. The number of benzene rings is 1. The largest absolute Gasteiger partial charge is 0.473 e. The summed E-state index contributed by atoms with van der Waals surface area (Å²) in [5.41, 5.74) is 1.86. The SMILES string of the molecule is O=C(c1cnc(OC2CCOCC2)c(Cl)c1)N1CCN(CCc2ccccc2)CC1. The van der Waals surface area contributed by atoms with Crippen molar-refractivity contribution in [2.45, 2.75) is 25.4 Å². The molecule has 0 saturated carbocycles. The molecule has 0 aliphatic carbocycles. The van der Waals surface area contributed by atoms with Crippen LogP contribution in [0.1, 0.15) is 28.8 Å². The van der Waals surface area contributed by atoms with Gasteiger partial charge in [0.15, 0.2) is 0 Å². The number of nitrogens with zero attached hydrogens (tertiary/aromatic N) is 3. The van der Waals surface area contributed by atoms with E-state index >= 15 is 0 Å². The molecular weight excluding hydrogens is 402 g/mol. The van der Waals surface area contributed by atoms with Gasteiger partial charge in [-0.05, 0) is 18.1 Å². The van der Waals surface area contributed by atoms with Gasteiger partial charge in [-0.3, -0.25) is 9.69 Å². The molecule has 0 bridgehead atoms. The van der Waals surface area contributed by atoms with E-state index in [4.69, 9.17) is 21.1 Å².